The van der Waals surface area contributed by atoms with E-state index in [4.69, 9.17) is 9.15 Å². The molecule has 0 aliphatic heterocycles. The molecule has 0 aliphatic rings. The predicted octanol–water partition coefficient (Wildman–Crippen LogP) is 4.92. The van der Waals surface area contributed by atoms with Crippen LogP contribution in [0.5, 0.6) is 5.75 Å². The molecular weight excluding hydrogens is 326 g/mol. The highest BCUT2D eigenvalue weighted by Gasteiger charge is 2.19. The van der Waals surface area contributed by atoms with Crippen LogP contribution in [-0.2, 0) is 0 Å². The number of quaternary nitrogens is 1. The first-order valence-corrected chi connectivity index (χ1v) is 10.1. The molecule has 4 nitrogen and oxygen atoms in total. The maximum absolute atomic E-state index is 11.5. The van der Waals surface area contributed by atoms with Gasteiger partial charge in [0.2, 0.25) is 0 Å². The Morgan fingerprint density at radius 3 is 2.35 bits per heavy atom. The Bertz CT molecular complexity index is 738. The van der Waals surface area contributed by atoms with Crippen molar-refractivity contribution in [1.82, 2.24) is 0 Å². The van der Waals surface area contributed by atoms with Gasteiger partial charge in [0.05, 0.1) is 32.8 Å². The van der Waals surface area contributed by atoms with E-state index in [9.17, 15) is 4.79 Å². The van der Waals surface area contributed by atoms with E-state index in [2.05, 4.69) is 20.8 Å². The topological polar surface area (TPSA) is 39.4 Å². The van der Waals surface area contributed by atoms with Gasteiger partial charge in [0.25, 0.3) is 0 Å². The lowest BCUT2D eigenvalue weighted by atomic mass is 10.1. The number of aryl methyl sites for hydroxylation is 1. The molecule has 0 fully saturated rings. The fourth-order valence-corrected chi connectivity index (χ4v) is 3.63. The van der Waals surface area contributed by atoms with Gasteiger partial charge in [-0.1, -0.05) is 0 Å². The minimum absolute atomic E-state index is 0.312. The number of benzene rings is 1. The van der Waals surface area contributed by atoms with Crippen LogP contribution >= 0.6 is 0 Å². The highest BCUT2D eigenvalue weighted by molar-refractivity contribution is 5.81. The Labute approximate surface area is 157 Å². The van der Waals surface area contributed by atoms with Crippen LogP contribution in [0.25, 0.3) is 11.0 Å². The van der Waals surface area contributed by atoms with E-state index in [0.717, 1.165) is 23.1 Å². The molecule has 0 N–H and O–H groups in total. The third-order valence-corrected chi connectivity index (χ3v) is 5.73. The zero-order chi connectivity index (χ0) is 19.0. The summed E-state index contributed by atoms with van der Waals surface area (Å²) < 4.78 is 12.3. The summed E-state index contributed by atoms with van der Waals surface area (Å²) in [5.74, 6) is 0.768. The Morgan fingerprint density at radius 2 is 1.65 bits per heavy atom. The predicted molar refractivity (Wildman–Crippen MR) is 108 cm³/mol. The molecule has 4 heteroatoms. The summed E-state index contributed by atoms with van der Waals surface area (Å²) in [7, 11) is 0. The number of nitrogens with zero attached hydrogens (tertiary/aromatic N) is 1. The van der Waals surface area contributed by atoms with E-state index in [0.29, 0.717) is 12.2 Å². The van der Waals surface area contributed by atoms with Gasteiger partial charge in [0, 0.05) is 17.5 Å². The fourth-order valence-electron chi connectivity index (χ4n) is 3.63. The first kappa shape index (κ1) is 20.5. The van der Waals surface area contributed by atoms with Gasteiger partial charge in [-0.05, 0) is 71.1 Å². The maximum Gasteiger partial charge on any atom is 0.336 e. The summed E-state index contributed by atoms with van der Waals surface area (Å²) in [6.45, 7) is 14.5. The lowest BCUT2D eigenvalue weighted by molar-refractivity contribution is -0.923. The van der Waals surface area contributed by atoms with Gasteiger partial charge in [-0.25, -0.2) is 4.79 Å². The van der Waals surface area contributed by atoms with Gasteiger partial charge in [-0.3, -0.25) is 0 Å². The normalized spacial score (nSPS) is 11.8. The molecule has 0 saturated carbocycles. The smallest absolute Gasteiger partial charge is 0.336 e. The van der Waals surface area contributed by atoms with Crippen LogP contribution in [0.3, 0.4) is 0 Å². The van der Waals surface area contributed by atoms with Gasteiger partial charge in [-0.2, -0.15) is 0 Å². The van der Waals surface area contributed by atoms with Crippen molar-refractivity contribution in [3.8, 4) is 5.75 Å². The van der Waals surface area contributed by atoms with Crippen molar-refractivity contribution >= 4 is 11.0 Å². The lowest BCUT2D eigenvalue weighted by Gasteiger charge is -2.35. The van der Waals surface area contributed by atoms with Crippen molar-refractivity contribution in [1.29, 1.82) is 0 Å². The second-order valence-corrected chi connectivity index (χ2v) is 7.18. The highest BCUT2D eigenvalue weighted by Crippen LogP contribution is 2.22. The first-order chi connectivity index (χ1) is 12.5. The fraction of sp³-hybridized carbons (Fsp3) is 0.591. The zero-order valence-corrected chi connectivity index (χ0v) is 16.8. The second kappa shape index (κ2) is 9.77. The molecule has 0 atom stereocenters. The highest BCUT2D eigenvalue weighted by atomic mass is 16.5. The quantitative estimate of drug-likeness (QED) is 0.324. The second-order valence-electron chi connectivity index (χ2n) is 7.18. The number of hydrogen-bond acceptors (Lipinski definition) is 3. The van der Waals surface area contributed by atoms with E-state index in [-0.39, 0.29) is 5.63 Å². The molecule has 0 unspecified atom stereocenters. The minimum atomic E-state index is -0.312. The number of fused-ring (bicyclic) bond motifs is 1. The molecule has 0 radical (unpaired) electrons. The molecular formula is C22H34NO3+. The van der Waals surface area contributed by atoms with Crippen molar-refractivity contribution in [2.75, 3.05) is 32.8 Å². The van der Waals surface area contributed by atoms with Gasteiger partial charge in [-0.15, -0.1) is 0 Å². The number of ether oxygens (including phenoxy) is 1. The van der Waals surface area contributed by atoms with Crippen LogP contribution in [0.1, 0.15) is 52.0 Å². The van der Waals surface area contributed by atoms with E-state index < -0.39 is 0 Å². The van der Waals surface area contributed by atoms with Crippen molar-refractivity contribution < 1.29 is 13.6 Å². The van der Waals surface area contributed by atoms with E-state index in [1.54, 1.807) is 0 Å². The summed E-state index contributed by atoms with van der Waals surface area (Å²) in [5.41, 5.74) is 1.22. The molecule has 0 spiro atoms. The van der Waals surface area contributed by atoms with Crippen molar-refractivity contribution in [2.45, 2.75) is 53.4 Å². The van der Waals surface area contributed by atoms with Crippen LogP contribution in [0, 0.1) is 6.92 Å². The van der Waals surface area contributed by atoms with Gasteiger partial charge >= 0.3 is 5.63 Å². The van der Waals surface area contributed by atoms with E-state index in [1.165, 1.54) is 56.0 Å². The van der Waals surface area contributed by atoms with Crippen molar-refractivity contribution in [2.24, 2.45) is 0 Å². The summed E-state index contributed by atoms with van der Waals surface area (Å²) in [5, 5.41) is 0.960. The monoisotopic (exact) mass is 360 g/mol. The molecule has 1 heterocycles. The van der Waals surface area contributed by atoms with Crippen LogP contribution in [0.2, 0.25) is 0 Å². The Hall–Kier alpha value is -1.81. The number of hydrogen-bond donors (Lipinski definition) is 0. The number of rotatable bonds is 11. The molecule has 2 aromatic rings. The summed E-state index contributed by atoms with van der Waals surface area (Å²) in [6.07, 6.45) is 4.80. The zero-order valence-electron chi connectivity index (χ0n) is 16.8. The van der Waals surface area contributed by atoms with Crippen molar-refractivity contribution in [3.05, 3.63) is 40.2 Å². The average molecular weight is 361 g/mol. The molecule has 0 bridgehead atoms. The summed E-state index contributed by atoms with van der Waals surface area (Å²) in [4.78, 5) is 11.5. The van der Waals surface area contributed by atoms with Crippen LogP contribution in [0.4, 0.5) is 0 Å². The Balaban J connectivity index is 1.73. The van der Waals surface area contributed by atoms with Crippen LogP contribution in [-0.4, -0.2) is 37.3 Å². The SMILES string of the molecule is CC[N+](CC)(CC)CCCCCCOc1ccc2c(C)cc(=O)oc2c1. The van der Waals surface area contributed by atoms with Crippen LogP contribution in [0.15, 0.2) is 33.5 Å². The molecule has 1 aromatic heterocycles. The maximum atomic E-state index is 11.5. The van der Waals surface area contributed by atoms with Crippen molar-refractivity contribution in [3.63, 3.8) is 0 Å². The first-order valence-electron chi connectivity index (χ1n) is 10.1. The summed E-state index contributed by atoms with van der Waals surface area (Å²) >= 11 is 0. The molecule has 1 aromatic carbocycles. The van der Waals surface area contributed by atoms with E-state index >= 15 is 0 Å². The largest absolute Gasteiger partial charge is 0.493 e. The Morgan fingerprint density at radius 1 is 0.962 bits per heavy atom. The third-order valence-electron chi connectivity index (χ3n) is 5.73. The van der Waals surface area contributed by atoms with Gasteiger partial charge in [0.1, 0.15) is 11.3 Å². The molecule has 144 valence electrons. The average Bonchev–Trinajstić information content (AvgIpc) is 2.64. The number of unbranched alkanes of at least 4 members (excludes halogenated alkanes) is 3. The standard InChI is InChI=1S/C22H34NO3/c1-5-23(6-2,7-3)14-10-8-9-11-15-25-19-12-13-20-18(4)16-22(24)26-21(20)17-19/h12-13,16-17H,5-11,14-15H2,1-4H3/q+1. The third kappa shape index (κ3) is 5.34. The molecule has 0 saturated heterocycles. The molecule has 2 rings (SSSR count). The van der Waals surface area contributed by atoms with Gasteiger partial charge < -0.3 is 13.6 Å². The minimum Gasteiger partial charge on any atom is -0.493 e. The lowest BCUT2D eigenvalue weighted by Crippen LogP contribution is -2.48. The van der Waals surface area contributed by atoms with Crippen LogP contribution < -0.4 is 10.4 Å². The van der Waals surface area contributed by atoms with Gasteiger partial charge in [0.15, 0.2) is 0 Å². The summed E-state index contributed by atoms with van der Waals surface area (Å²) in [6, 6.07) is 7.25. The molecule has 0 aliphatic carbocycles. The molecule has 0 amide bonds. The molecule has 26 heavy (non-hydrogen) atoms. The Kier molecular flexibility index (Phi) is 7.70. The van der Waals surface area contributed by atoms with E-state index in [1.807, 2.05) is 25.1 Å².